The number of nitrogens with zero attached hydrogens (tertiary/aromatic N) is 1. The molecule has 122 valence electrons. The molecule has 3 N–H and O–H groups in total. The molecule has 0 fully saturated rings. The van der Waals surface area contributed by atoms with Crippen molar-refractivity contribution in [2.24, 2.45) is 0 Å². The average Bonchev–Trinajstić information content (AvgIpc) is 3.04. The number of H-pyrrole nitrogens is 1. The van der Waals surface area contributed by atoms with Gasteiger partial charge in [0.05, 0.1) is 10.7 Å². The fraction of sp³-hybridized carbons (Fsp3) is 0.250. The first-order valence-electron chi connectivity index (χ1n) is 7.21. The summed E-state index contributed by atoms with van der Waals surface area (Å²) in [7, 11) is 0. The Balaban J connectivity index is 0.00000192. The van der Waals surface area contributed by atoms with Gasteiger partial charge in [-0.1, -0.05) is 41.4 Å². The van der Waals surface area contributed by atoms with E-state index in [1.165, 1.54) is 5.57 Å². The monoisotopic (exact) mass is 352 g/mol. The molecule has 0 spiro atoms. The molecule has 3 rings (SSSR count). The maximum absolute atomic E-state index is 12.2. The zero-order valence-electron chi connectivity index (χ0n) is 12.4. The van der Waals surface area contributed by atoms with Crippen LogP contribution in [0.15, 0.2) is 42.0 Å². The summed E-state index contributed by atoms with van der Waals surface area (Å²) in [6.07, 6.45) is 3.08. The van der Waals surface area contributed by atoms with Crippen molar-refractivity contribution in [2.75, 3.05) is 19.6 Å². The molecule has 1 amide bonds. The Bertz CT molecular complexity index is 712. The van der Waals surface area contributed by atoms with Crippen molar-refractivity contribution in [3.05, 3.63) is 52.7 Å². The fourth-order valence-corrected chi connectivity index (χ4v) is 2.60. The number of aromatic nitrogens is 2. The van der Waals surface area contributed by atoms with E-state index in [9.17, 15) is 4.79 Å². The van der Waals surface area contributed by atoms with Crippen LogP contribution in [0.4, 0.5) is 0 Å². The van der Waals surface area contributed by atoms with E-state index in [-0.39, 0.29) is 18.3 Å². The van der Waals surface area contributed by atoms with E-state index in [4.69, 9.17) is 11.6 Å². The Hall–Kier alpha value is -1.82. The Morgan fingerprint density at radius 1 is 1.35 bits per heavy atom. The predicted octanol–water partition coefficient (Wildman–Crippen LogP) is 2.80. The summed E-state index contributed by atoms with van der Waals surface area (Å²) in [6.45, 7) is 2.40. The summed E-state index contributed by atoms with van der Waals surface area (Å²) in [5, 5.41) is 13.7. The van der Waals surface area contributed by atoms with E-state index in [0.717, 1.165) is 25.1 Å². The van der Waals surface area contributed by atoms with Crippen molar-refractivity contribution < 1.29 is 4.79 Å². The molecule has 1 aromatic heterocycles. The average molecular weight is 353 g/mol. The quantitative estimate of drug-likeness (QED) is 0.741. The molecule has 0 atom stereocenters. The molecule has 0 bridgehead atoms. The van der Waals surface area contributed by atoms with Crippen LogP contribution in [-0.2, 0) is 0 Å². The number of carbonyl (C=O) groups is 1. The highest BCUT2D eigenvalue weighted by molar-refractivity contribution is 6.33. The smallest absolute Gasteiger partial charge is 0.269 e. The topological polar surface area (TPSA) is 69.8 Å². The highest BCUT2D eigenvalue weighted by Gasteiger charge is 2.13. The van der Waals surface area contributed by atoms with Gasteiger partial charge in [0.25, 0.3) is 5.91 Å². The van der Waals surface area contributed by atoms with Gasteiger partial charge in [-0.25, -0.2) is 0 Å². The van der Waals surface area contributed by atoms with Crippen molar-refractivity contribution >= 4 is 29.9 Å². The van der Waals surface area contributed by atoms with Crippen molar-refractivity contribution in [1.29, 1.82) is 0 Å². The van der Waals surface area contributed by atoms with Crippen molar-refractivity contribution in [1.82, 2.24) is 20.8 Å². The highest BCUT2D eigenvalue weighted by Crippen LogP contribution is 2.26. The van der Waals surface area contributed by atoms with E-state index < -0.39 is 0 Å². The third-order valence-corrected chi connectivity index (χ3v) is 3.94. The molecule has 1 aliphatic rings. The number of halogens is 2. The molecule has 5 nitrogen and oxygen atoms in total. The number of aromatic amines is 1. The number of amides is 1. The van der Waals surface area contributed by atoms with Crippen LogP contribution in [0.2, 0.25) is 5.02 Å². The van der Waals surface area contributed by atoms with Crippen molar-refractivity contribution in [3.63, 3.8) is 0 Å². The van der Waals surface area contributed by atoms with Gasteiger partial charge in [-0.3, -0.25) is 9.89 Å². The third kappa shape index (κ3) is 4.34. The molecule has 0 unspecified atom stereocenters. The van der Waals surface area contributed by atoms with Gasteiger partial charge in [-0.05, 0) is 25.1 Å². The molecular formula is C16H18Cl2N4O. The molecular weight excluding hydrogens is 335 g/mol. The second kappa shape index (κ2) is 8.15. The van der Waals surface area contributed by atoms with Crippen LogP contribution in [0.25, 0.3) is 11.3 Å². The Labute approximate surface area is 145 Å². The first-order valence-corrected chi connectivity index (χ1v) is 7.59. The molecule has 0 saturated heterocycles. The highest BCUT2D eigenvalue weighted by atomic mass is 35.5. The van der Waals surface area contributed by atoms with E-state index >= 15 is 0 Å². The second-order valence-corrected chi connectivity index (χ2v) is 5.55. The first kappa shape index (κ1) is 17.5. The summed E-state index contributed by atoms with van der Waals surface area (Å²) in [5.41, 5.74) is 3.15. The normalized spacial score (nSPS) is 13.9. The van der Waals surface area contributed by atoms with Crippen LogP contribution in [-0.4, -0.2) is 35.7 Å². The van der Waals surface area contributed by atoms with Gasteiger partial charge in [0.15, 0.2) is 0 Å². The van der Waals surface area contributed by atoms with E-state index in [1.807, 2.05) is 18.2 Å². The first-order chi connectivity index (χ1) is 10.7. The van der Waals surface area contributed by atoms with Crippen LogP contribution in [0, 0.1) is 0 Å². The zero-order valence-corrected chi connectivity index (χ0v) is 14.0. The number of nitrogens with one attached hydrogen (secondary N) is 3. The van der Waals surface area contributed by atoms with Gasteiger partial charge in [-0.15, -0.1) is 12.4 Å². The summed E-state index contributed by atoms with van der Waals surface area (Å²) in [4.78, 5) is 12.2. The minimum atomic E-state index is -0.162. The van der Waals surface area contributed by atoms with Crippen LogP contribution in [0.5, 0.6) is 0 Å². The van der Waals surface area contributed by atoms with Gasteiger partial charge in [0.2, 0.25) is 0 Å². The Morgan fingerprint density at radius 2 is 2.17 bits per heavy atom. The number of carbonyl (C=O) groups excluding carboxylic acids is 1. The van der Waals surface area contributed by atoms with Crippen LogP contribution in [0.1, 0.15) is 16.9 Å². The van der Waals surface area contributed by atoms with E-state index in [0.29, 0.717) is 23.0 Å². The molecule has 23 heavy (non-hydrogen) atoms. The third-order valence-electron chi connectivity index (χ3n) is 3.61. The maximum Gasteiger partial charge on any atom is 0.269 e. The fourth-order valence-electron chi connectivity index (χ4n) is 2.36. The number of hydrogen-bond donors (Lipinski definition) is 3. The van der Waals surface area contributed by atoms with Crippen LogP contribution < -0.4 is 10.6 Å². The van der Waals surface area contributed by atoms with Crippen LogP contribution >= 0.6 is 24.0 Å². The van der Waals surface area contributed by atoms with Crippen molar-refractivity contribution in [2.45, 2.75) is 6.42 Å². The molecule has 2 aromatic rings. The number of rotatable bonds is 4. The standard InChI is InChI=1S/C16H17ClN4O.ClH/c17-13-4-2-1-3-12(13)14-9-15(21-20-14)16(22)19-10-11-5-7-18-8-6-11;/h1-5,9,18H,6-8,10H2,(H,19,22)(H,20,21);1H. The lowest BCUT2D eigenvalue weighted by Gasteiger charge is -2.14. The molecule has 1 aliphatic heterocycles. The van der Waals surface area contributed by atoms with Gasteiger partial charge in [0.1, 0.15) is 5.69 Å². The second-order valence-electron chi connectivity index (χ2n) is 5.15. The van der Waals surface area contributed by atoms with Crippen molar-refractivity contribution in [3.8, 4) is 11.3 Å². The minimum Gasteiger partial charge on any atom is -0.347 e. The zero-order chi connectivity index (χ0) is 15.4. The summed E-state index contributed by atoms with van der Waals surface area (Å²) in [6, 6.07) is 9.14. The van der Waals surface area contributed by atoms with Gasteiger partial charge < -0.3 is 10.6 Å². The largest absolute Gasteiger partial charge is 0.347 e. The van der Waals surface area contributed by atoms with E-state index in [1.54, 1.807) is 12.1 Å². The lowest BCUT2D eigenvalue weighted by atomic mass is 10.1. The lowest BCUT2D eigenvalue weighted by molar-refractivity contribution is 0.0951. The molecule has 0 saturated carbocycles. The summed E-state index contributed by atoms with van der Waals surface area (Å²) < 4.78 is 0. The molecule has 0 radical (unpaired) electrons. The van der Waals surface area contributed by atoms with Gasteiger partial charge >= 0.3 is 0 Å². The molecule has 0 aliphatic carbocycles. The predicted molar refractivity (Wildman–Crippen MR) is 94.2 cm³/mol. The van der Waals surface area contributed by atoms with E-state index in [2.05, 4.69) is 26.9 Å². The maximum atomic E-state index is 12.2. The SMILES string of the molecule is Cl.O=C(NCC1=CCNCC1)c1cc(-c2ccccc2Cl)n[nH]1. The molecule has 7 heteroatoms. The summed E-state index contributed by atoms with van der Waals surface area (Å²) >= 11 is 6.14. The lowest BCUT2D eigenvalue weighted by Crippen LogP contribution is -2.29. The molecule has 2 heterocycles. The van der Waals surface area contributed by atoms with Gasteiger partial charge in [0, 0.05) is 18.7 Å². The van der Waals surface area contributed by atoms with Gasteiger partial charge in [-0.2, -0.15) is 5.10 Å². The number of benzene rings is 1. The summed E-state index contributed by atoms with van der Waals surface area (Å²) in [5.74, 6) is -0.162. The minimum absolute atomic E-state index is 0. The van der Waals surface area contributed by atoms with Crippen LogP contribution in [0.3, 0.4) is 0 Å². The Kier molecular flexibility index (Phi) is 6.21. The number of hydrogen-bond acceptors (Lipinski definition) is 3. The molecule has 1 aromatic carbocycles. The Morgan fingerprint density at radius 3 is 2.91 bits per heavy atom.